The summed E-state index contributed by atoms with van der Waals surface area (Å²) in [4.78, 5) is 2.69. The van der Waals surface area contributed by atoms with E-state index in [0.717, 1.165) is 42.3 Å². The number of ether oxygens (including phenoxy) is 1. The Kier molecular flexibility index (Phi) is 5.58. The Morgan fingerprint density at radius 2 is 1.88 bits per heavy atom. The van der Waals surface area contributed by atoms with Gasteiger partial charge in [0.05, 0.1) is 17.5 Å². The molecule has 0 amide bonds. The number of anilines is 2. The van der Waals surface area contributed by atoms with Gasteiger partial charge in [-0.2, -0.15) is 0 Å². The van der Waals surface area contributed by atoms with Crippen LogP contribution >= 0.6 is 11.6 Å². The Labute approximate surface area is 150 Å². The highest BCUT2D eigenvalue weighted by molar-refractivity contribution is 6.31. The van der Waals surface area contributed by atoms with E-state index in [9.17, 15) is 0 Å². The van der Waals surface area contributed by atoms with E-state index in [4.69, 9.17) is 22.1 Å². The molecule has 134 valence electrons. The van der Waals surface area contributed by atoms with Gasteiger partial charge < -0.3 is 15.8 Å². The first-order valence-corrected chi connectivity index (χ1v) is 9.47. The van der Waals surface area contributed by atoms with Gasteiger partial charge in [0.2, 0.25) is 0 Å². The van der Waals surface area contributed by atoms with E-state index >= 15 is 0 Å². The number of nitrogen functional groups attached to an aromatic ring is 1. The Hall–Kier alpha value is -0.970. The summed E-state index contributed by atoms with van der Waals surface area (Å²) in [6, 6.07) is 6.11. The first kappa shape index (κ1) is 17.8. The summed E-state index contributed by atoms with van der Waals surface area (Å²) < 4.78 is 5.52. The van der Waals surface area contributed by atoms with Crippen LogP contribution in [0.5, 0.6) is 0 Å². The maximum atomic E-state index is 6.09. The Morgan fingerprint density at radius 1 is 1.21 bits per heavy atom. The highest BCUT2D eigenvalue weighted by Gasteiger charge is 2.37. The van der Waals surface area contributed by atoms with E-state index in [0.29, 0.717) is 17.7 Å². The molecule has 0 unspecified atom stereocenters. The predicted molar refractivity (Wildman–Crippen MR) is 102 cm³/mol. The zero-order chi connectivity index (χ0) is 17.2. The van der Waals surface area contributed by atoms with Crippen molar-refractivity contribution < 1.29 is 4.74 Å². The van der Waals surface area contributed by atoms with Crippen molar-refractivity contribution in [3.63, 3.8) is 0 Å². The molecule has 2 aliphatic rings. The molecule has 2 fully saturated rings. The molecule has 4 nitrogen and oxygen atoms in total. The van der Waals surface area contributed by atoms with Gasteiger partial charge in [-0.05, 0) is 63.6 Å². The lowest BCUT2D eigenvalue weighted by Gasteiger charge is -2.48. The number of rotatable bonds is 4. The number of methoxy groups -OCH3 is 1. The lowest BCUT2D eigenvalue weighted by atomic mass is 9.79. The van der Waals surface area contributed by atoms with Crippen molar-refractivity contribution in [1.29, 1.82) is 0 Å². The normalized spacial score (nSPS) is 29.5. The summed E-state index contributed by atoms with van der Waals surface area (Å²) in [5.74, 6) is 0. The molecule has 0 atom stereocenters. The maximum absolute atomic E-state index is 6.09. The summed E-state index contributed by atoms with van der Waals surface area (Å²) in [5, 5.41) is 4.31. The molecule has 3 N–H and O–H groups in total. The molecule has 1 aromatic carbocycles. The smallest absolute Gasteiger partial charge is 0.0591 e. The summed E-state index contributed by atoms with van der Waals surface area (Å²) in [6.45, 7) is 4.72. The van der Waals surface area contributed by atoms with Crippen LogP contribution in [0.1, 0.15) is 45.4 Å². The zero-order valence-electron chi connectivity index (χ0n) is 14.9. The second-order valence-corrected chi connectivity index (χ2v) is 8.01. The fourth-order valence-electron chi connectivity index (χ4n) is 4.20. The second-order valence-electron chi connectivity index (χ2n) is 7.57. The standard InChI is InChI=1S/C19H30ClN3O/c1-19(9-5-16(24-2)6-10-19)23-11-7-15(8-12-23)22-18-13-14(20)3-4-17(18)21/h3-4,13,15-16,22H,5-12,21H2,1-2H3. The molecule has 1 saturated carbocycles. The van der Waals surface area contributed by atoms with Gasteiger partial charge in [0.1, 0.15) is 0 Å². The lowest BCUT2D eigenvalue weighted by molar-refractivity contribution is -0.0105. The van der Waals surface area contributed by atoms with Crippen molar-refractivity contribution in [3.05, 3.63) is 23.2 Å². The van der Waals surface area contributed by atoms with Crippen LogP contribution in [0.2, 0.25) is 5.02 Å². The molecule has 1 heterocycles. The number of halogens is 1. The molecule has 1 aliphatic heterocycles. The van der Waals surface area contributed by atoms with Crippen LogP contribution in [0.3, 0.4) is 0 Å². The molecule has 3 rings (SSSR count). The van der Waals surface area contributed by atoms with Crippen LogP contribution < -0.4 is 11.1 Å². The van der Waals surface area contributed by atoms with Crippen LogP contribution in [0.4, 0.5) is 11.4 Å². The van der Waals surface area contributed by atoms with Gasteiger partial charge in [-0.25, -0.2) is 0 Å². The molecule has 0 radical (unpaired) electrons. The van der Waals surface area contributed by atoms with Gasteiger partial charge in [-0.15, -0.1) is 0 Å². The fraction of sp³-hybridized carbons (Fsp3) is 0.684. The minimum absolute atomic E-state index is 0.342. The first-order chi connectivity index (χ1) is 11.5. The van der Waals surface area contributed by atoms with Crippen LogP contribution in [0.25, 0.3) is 0 Å². The number of nitrogens with one attached hydrogen (secondary N) is 1. The Bertz CT molecular complexity index is 550. The Morgan fingerprint density at radius 3 is 2.50 bits per heavy atom. The van der Waals surface area contributed by atoms with E-state index in [2.05, 4.69) is 17.1 Å². The van der Waals surface area contributed by atoms with Crippen LogP contribution in [-0.4, -0.2) is 42.8 Å². The number of hydrogen-bond acceptors (Lipinski definition) is 4. The number of benzene rings is 1. The monoisotopic (exact) mass is 351 g/mol. The van der Waals surface area contributed by atoms with Crippen molar-refractivity contribution in [1.82, 2.24) is 4.90 Å². The quantitative estimate of drug-likeness (QED) is 0.800. The number of hydrogen-bond donors (Lipinski definition) is 2. The van der Waals surface area contributed by atoms with E-state index in [-0.39, 0.29) is 0 Å². The third kappa shape index (κ3) is 3.98. The van der Waals surface area contributed by atoms with Crippen LogP contribution in [-0.2, 0) is 4.74 Å². The van der Waals surface area contributed by atoms with Gasteiger partial charge in [0, 0.05) is 36.8 Å². The summed E-state index contributed by atoms with van der Waals surface area (Å²) in [5.41, 5.74) is 8.13. The van der Waals surface area contributed by atoms with Crippen LogP contribution in [0, 0.1) is 0 Å². The van der Waals surface area contributed by atoms with Crippen molar-refractivity contribution in [3.8, 4) is 0 Å². The zero-order valence-corrected chi connectivity index (χ0v) is 15.6. The van der Waals surface area contributed by atoms with Crippen molar-refractivity contribution in [2.45, 2.75) is 63.1 Å². The minimum atomic E-state index is 0.342. The van der Waals surface area contributed by atoms with Crippen molar-refractivity contribution in [2.24, 2.45) is 0 Å². The maximum Gasteiger partial charge on any atom is 0.0591 e. The van der Waals surface area contributed by atoms with E-state index in [1.807, 2.05) is 25.3 Å². The number of nitrogens with two attached hydrogens (primary N) is 1. The average molecular weight is 352 g/mol. The van der Waals surface area contributed by atoms with Crippen molar-refractivity contribution in [2.75, 3.05) is 31.2 Å². The van der Waals surface area contributed by atoms with Crippen LogP contribution in [0.15, 0.2) is 18.2 Å². The molecule has 0 aromatic heterocycles. The summed E-state index contributed by atoms with van der Waals surface area (Å²) >= 11 is 6.09. The van der Waals surface area contributed by atoms with Gasteiger partial charge in [0.25, 0.3) is 0 Å². The third-order valence-corrected chi connectivity index (χ3v) is 6.21. The summed E-state index contributed by atoms with van der Waals surface area (Å²) in [6.07, 6.45) is 7.61. The molecule has 1 aliphatic carbocycles. The highest BCUT2D eigenvalue weighted by Crippen LogP contribution is 2.36. The molecule has 1 saturated heterocycles. The largest absolute Gasteiger partial charge is 0.397 e. The topological polar surface area (TPSA) is 50.5 Å². The highest BCUT2D eigenvalue weighted by atomic mass is 35.5. The van der Waals surface area contributed by atoms with Gasteiger partial charge in [-0.1, -0.05) is 11.6 Å². The minimum Gasteiger partial charge on any atom is -0.397 e. The van der Waals surface area contributed by atoms with Gasteiger partial charge in [-0.3, -0.25) is 4.90 Å². The van der Waals surface area contributed by atoms with E-state index < -0.39 is 0 Å². The molecular formula is C19H30ClN3O. The second kappa shape index (κ2) is 7.51. The van der Waals surface area contributed by atoms with Gasteiger partial charge >= 0.3 is 0 Å². The number of likely N-dealkylation sites (tertiary alicyclic amines) is 1. The summed E-state index contributed by atoms with van der Waals surface area (Å²) in [7, 11) is 1.84. The molecule has 24 heavy (non-hydrogen) atoms. The molecule has 1 aromatic rings. The molecule has 0 bridgehead atoms. The Balaban J connectivity index is 1.53. The third-order valence-electron chi connectivity index (χ3n) is 5.98. The number of nitrogens with zero attached hydrogens (tertiary/aromatic N) is 1. The van der Waals surface area contributed by atoms with Crippen molar-refractivity contribution >= 4 is 23.0 Å². The first-order valence-electron chi connectivity index (χ1n) is 9.09. The molecule has 0 spiro atoms. The predicted octanol–water partition coefficient (Wildman–Crippen LogP) is 4.15. The van der Waals surface area contributed by atoms with E-state index in [1.165, 1.54) is 25.7 Å². The fourth-order valence-corrected chi connectivity index (χ4v) is 4.37. The van der Waals surface area contributed by atoms with E-state index in [1.54, 1.807) is 0 Å². The average Bonchev–Trinajstić information content (AvgIpc) is 2.59. The SMILES string of the molecule is COC1CCC(C)(N2CCC(Nc3cc(Cl)ccc3N)CC2)CC1. The lowest BCUT2D eigenvalue weighted by Crippen LogP contribution is -2.53. The molecular weight excluding hydrogens is 322 g/mol. The molecule has 5 heteroatoms. The number of piperidine rings is 1. The van der Waals surface area contributed by atoms with Gasteiger partial charge in [0.15, 0.2) is 0 Å².